The van der Waals surface area contributed by atoms with Crippen LogP contribution in [0.3, 0.4) is 0 Å². The Bertz CT molecular complexity index is 1710. The summed E-state index contributed by atoms with van der Waals surface area (Å²) in [5, 5.41) is 0. The molecule has 6 nitrogen and oxygen atoms in total. The normalized spacial score (nSPS) is 23.4. The predicted octanol–water partition coefficient (Wildman–Crippen LogP) is 8.71. The van der Waals surface area contributed by atoms with Gasteiger partial charge in [-0.1, -0.05) is 48.5 Å². The average Bonchev–Trinajstić information content (AvgIpc) is 3.73. The SMILES string of the molecule is CC1(C)OB(/C=C2\c3ccccc3CCn3cccc32)OC1(C)C.CC1(C)OC(/C=C2/c3ccccc3CCc3ncsc32)OC1(C)C. The Kier molecular flexibility index (Phi) is 8.49. The molecule has 0 bridgehead atoms. The largest absolute Gasteiger partial charge is 0.487 e. The van der Waals surface area contributed by atoms with Crippen molar-refractivity contribution in [3.63, 3.8) is 0 Å². The zero-order valence-electron chi connectivity index (χ0n) is 29.5. The molecule has 2 aromatic carbocycles. The third kappa shape index (κ3) is 6.07. The Labute approximate surface area is 289 Å². The molecular formula is C40H47BN2O4S. The first kappa shape index (κ1) is 33.2. The van der Waals surface area contributed by atoms with E-state index >= 15 is 0 Å². The van der Waals surface area contributed by atoms with Crippen molar-refractivity contribution in [1.82, 2.24) is 9.55 Å². The molecule has 0 unspecified atom stereocenters. The number of hydrogen-bond acceptors (Lipinski definition) is 6. The van der Waals surface area contributed by atoms with Gasteiger partial charge in [0.2, 0.25) is 0 Å². The number of ether oxygens (including phenoxy) is 2. The molecule has 8 rings (SSSR count). The van der Waals surface area contributed by atoms with Gasteiger partial charge in [-0.3, -0.25) is 0 Å². The summed E-state index contributed by atoms with van der Waals surface area (Å²) in [4.78, 5) is 5.82. The Morgan fingerprint density at radius 3 is 2.00 bits per heavy atom. The lowest BCUT2D eigenvalue weighted by Crippen LogP contribution is -2.41. The van der Waals surface area contributed by atoms with Crippen LogP contribution >= 0.6 is 11.3 Å². The second kappa shape index (κ2) is 12.3. The van der Waals surface area contributed by atoms with Gasteiger partial charge < -0.3 is 23.3 Å². The molecule has 0 amide bonds. The van der Waals surface area contributed by atoms with E-state index in [1.807, 2.05) is 5.51 Å². The highest BCUT2D eigenvalue weighted by molar-refractivity contribution is 7.11. The third-order valence-electron chi connectivity index (χ3n) is 11.0. The zero-order chi connectivity index (χ0) is 33.9. The standard InChI is InChI=1S/C20H24BNO2.C20H23NO2S/c1-19(2)20(3,4)24-21(23-19)14-17-16-9-6-5-8-15(16)11-13-22-12-7-10-18(17)22;1-19(2)20(3,4)23-17(22-19)11-15-14-8-6-5-7-13(14)9-10-16-18(15)24-12-21-16/h5-10,12,14H,11,13H2,1-4H3;5-8,11-12,17H,9-10H2,1-4H3/b17-14+;15-11-. The molecule has 4 aliphatic rings. The second-order valence-electron chi connectivity index (χ2n) is 15.2. The molecular weight excluding hydrogens is 615 g/mol. The number of aromatic nitrogens is 2. The van der Waals surface area contributed by atoms with E-state index in [0.29, 0.717) is 0 Å². The van der Waals surface area contributed by atoms with Crippen LogP contribution in [0, 0.1) is 0 Å². The van der Waals surface area contributed by atoms with Crippen LogP contribution in [-0.4, -0.2) is 45.4 Å². The summed E-state index contributed by atoms with van der Waals surface area (Å²) in [5.74, 6) is 2.15. The van der Waals surface area contributed by atoms with Crippen molar-refractivity contribution in [3.8, 4) is 0 Å². The van der Waals surface area contributed by atoms with Crippen LogP contribution < -0.4 is 0 Å². The van der Waals surface area contributed by atoms with Crippen LogP contribution in [0.1, 0.15) is 93.9 Å². The average molecular weight is 663 g/mol. The monoisotopic (exact) mass is 662 g/mol. The predicted molar refractivity (Wildman–Crippen MR) is 195 cm³/mol. The maximum absolute atomic E-state index is 6.21. The maximum Gasteiger partial charge on any atom is 0.487 e. The van der Waals surface area contributed by atoms with E-state index in [2.05, 4.69) is 144 Å². The summed E-state index contributed by atoms with van der Waals surface area (Å²) in [6.07, 6.45) is 6.99. The minimum absolute atomic E-state index is 0.318. The van der Waals surface area contributed by atoms with Gasteiger partial charge in [-0.05, 0) is 127 Å². The molecule has 2 fully saturated rings. The van der Waals surface area contributed by atoms with Gasteiger partial charge in [-0.25, -0.2) is 4.98 Å². The first-order valence-electron chi connectivity index (χ1n) is 17.1. The van der Waals surface area contributed by atoms with Gasteiger partial charge in [0.05, 0.1) is 38.5 Å². The number of thiazole rings is 1. The maximum atomic E-state index is 6.21. The van der Waals surface area contributed by atoms with E-state index in [0.717, 1.165) is 25.8 Å². The molecule has 2 saturated heterocycles. The van der Waals surface area contributed by atoms with Crippen molar-refractivity contribution in [3.05, 3.63) is 123 Å². The molecule has 0 radical (unpaired) electrons. The Balaban J connectivity index is 0.000000152. The first-order valence-corrected chi connectivity index (χ1v) is 18.0. The quantitative estimate of drug-likeness (QED) is 0.201. The molecule has 0 saturated carbocycles. The second-order valence-corrected chi connectivity index (χ2v) is 16.0. The number of aryl methyl sites for hydroxylation is 4. The molecule has 48 heavy (non-hydrogen) atoms. The molecule has 250 valence electrons. The number of fused-ring (bicyclic) bond motifs is 4. The molecule has 3 aliphatic heterocycles. The van der Waals surface area contributed by atoms with Gasteiger partial charge in [0.15, 0.2) is 6.29 Å². The Morgan fingerprint density at radius 1 is 0.729 bits per heavy atom. The van der Waals surface area contributed by atoms with Gasteiger partial charge >= 0.3 is 7.12 Å². The molecule has 5 heterocycles. The number of rotatable bonds is 2. The van der Waals surface area contributed by atoms with Crippen molar-refractivity contribution in [2.75, 3.05) is 0 Å². The van der Waals surface area contributed by atoms with Crippen LogP contribution in [-0.2, 0) is 44.6 Å². The van der Waals surface area contributed by atoms with E-state index < -0.39 is 0 Å². The summed E-state index contributed by atoms with van der Waals surface area (Å²) in [6, 6.07) is 21.6. The summed E-state index contributed by atoms with van der Waals surface area (Å²) in [6.45, 7) is 17.7. The number of hydrogen-bond donors (Lipinski definition) is 0. The summed E-state index contributed by atoms with van der Waals surface area (Å²) in [7, 11) is -0.334. The van der Waals surface area contributed by atoms with E-state index in [1.54, 1.807) is 11.3 Å². The van der Waals surface area contributed by atoms with Crippen molar-refractivity contribution in [2.24, 2.45) is 0 Å². The molecule has 0 spiro atoms. The van der Waals surface area contributed by atoms with Crippen molar-refractivity contribution in [1.29, 1.82) is 0 Å². The van der Waals surface area contributed by atoms with Gasteiger partial charge in [-0.2, -0.15) is 0 Å². The van der Waals surface area contributed by atoms with Crippen LogP contribution in [0.25, 0.3) is 11.1 Å². The lowest BCUT2D eigenvalue weighted by Gasteiger charge is -2.32. The van der Waals surface area contributed by atoms with Crippen molar-refractivity contribution >= 4 is 29.6 Å². The molecule has 0 atom stereocenters. The van der Waals surface area contributed by atoms with Crippen molar-refractivity contribution in [2.45, 2.75) is 110 Å². The number of benzene rings is 2. The highest BCUT2D eigenvalue weighted by Crippen LogP contribution is 2.42. The molecule has 8 heteroatoms. The lowest BCUT2D eigenvalue weighted by atomic mass is 9.83. The highest BCUT2D eigenvalue weighted by atomic mass is 32.1. The molecule has 4 aromatic rings. The fourth-order valence-corrected chi connectivity index (χ4v) is 7.68. The smallest absolute Gasteiger partial charge is 0.400 e. The van der Waals surface area contributed by atoms with Gasteiger partial charge in [-0.15, -0.1) is 11.3 Å². The molecule has 1 aliphatic carbocycles. The van der Waals surface area contributed by atoms with Gasteiger partial charge in [0, 0.05) is 24.0 Å². The summed E-state index contributed by atoms with van der Waals surface area (Å²) < 4.78 is 27.1. The third-order valence-corrected chi connectivity index (χ3v) is 11.9. The minimum atomic E-state index is -0.342. The van der Waals surface area contributed by atoms with Gasteiger partial charge in [0.1, 0.15) is 0 Å². The summed E-state index contributed by atoms with van der Waals surface area (Å²) in [5.41, 5.74) is 10.8. The Morgan fingerprint density at radius 2 is 1.33 bits per heavy atom. The topological polar surface area (TPSA) is 54.7 Å². The Hall–Kier alpha value is -3.27. The van der Waals surface area contributed by atoms with Crippen LogP contribution in [0.4, 0.5) is 0 Å². The van der Waals surface area contributed by atoms with Gasteiger partial charge in [0.25, 0.3) is 0 Å². The first-order chi connectivity index (χ1) is 22.7. The van der Waals surface area contributed by atoms with Crippen molar-refractivity contribution < 1.29 is 18.8 Å². The zero-order valence-corrected chi connectivity index (χ0v) is 30.3. The van der Waals surface area contributed by atoms with Crippen LogP contribution in [0.5, 0.6) is 0 Å². The van der Waals surface area contributed by atoms with E-state index in [1.165, 1.54) is 49.7 Å². The molecule has 2 aromatic heterocycles. The lowest BCUT2D eigenvalue weighted by molar-refractivity contribution is -0.0501. The fourth-order valence-electron chi connectivity index (χ4n) is 6.80. The van der Waals surface area contributed by atoms with Crippen LogP contribution in [0.15, 0.2) is 84.4 Å². The minimum Gasteiger partial charge on any atom is -0.400 e. The van der Waals surface area contributed by atoms with E-state index in [-0.39, 0.29) is 35.8 Å². The summed E-state index contributed by atoms with van der Waals surface area (Å²) >= 11 is 1.70. The molecule has 0 N–H and O–H groups in total. The van der Waals surface area contributed by atoms with E-state index in [4.69, 9.17) is 18.8 Å². The number of nitrogens with zero attached hydrogens (tertiary/aromatic N) is 2. The fraction of sp³-hybridized carbons (Fsp3) is 0.425. The highest BCUT2D eigenvalue weighted by Gasteiger charge is 2.51. The van der Waals surface area contributed by atoms with Crippen LogP contribution in [0.2, 0.25) is 0 Å². The van der Waals surface area contributed by atoms with E-state index in [9.17, 15) is 0 Å².